The highest BCUT2D eigenvalue weighted by molar-refractivity contribution is 5.85. The minimum atomic E-state index is -0.00467. The third-order valence-corrected chi connectivity index (χ3v) is 6.13. The van der Waals surface area contributed by atoms with Gasteiger partial charge in [0.2, 0.25) is 0 Å². The van der Waals surface area contributed by atoms with Crippen LogP contribution in [0.5, 0.6) is 0 Å². The van der Waals surface area contributed by atoms with Crippen molar-refractivity contribution in [2.24, 2.45) is 0 Å². The van der Waals surface area contributed by atoms with Crippen LogP contribution in [0.25, 0.3) is 33.4 Å². The second-order valence-electron chi connectivity index (χ2n) is 8.38. The van der Waals surface area contributed by atoms with Crippen molar-refractivity contribution in [2.45, 2.75) is 40.0 Å². The van der Waals surface area contributed by atoms with Crippen molar-refractivity contribution in [3.05, 3.63) is 108 Å². The summed E-state index contributed by atoms with van der Waals surface area (Å²) in [4.78, 5) is 0. The van der Waals surface area contributed by atoms with Crippen molar-refractivity contribution in [3.63, 3.8) is 0 Å². The van der Waals surface area contributed by atoms with Crippen molar-refractivity contribution >= 4 is 0 Å². The summed E-state index contributed by atoms with van der Waals surface area (Å²) in [6, 6.07) is 33.4. The van der Waals surface area contributed by atoms with E-state index >= 15 is 0 Å². The molecule has 1 aliphatic rings. The summed E-state index contributed by atoms with van der Waals surface area (Å²) in [5, 5.41) is 0. The first kappa shape index (κ1) is 20.2. The zero-order chi connectivity index (χ0) is 21.3. The average Bonchev–Trinajstić information content (AvgIpc) is 3.02. The molecule has 0 nitrogen and oxygen atoms in total. The highest BCUT2D eigenvalue weighted by Crippen LogP contribution is 2.50. The number of fused-ring (bicyclic) bond motifs is 3. The van der Waals surface area contributed by atoms with Crippen LogP contribution in [0, 0.1) is 6.92 Å². The lowest BCUT2D eigenvalue weighted by Gasteiger charge is -2.22. The number of benzene rings is 4. The van der Waals surface area contributed by atoms with Crippen LogP contribution < -0.4 is 0 Å². The summed E-state index contributed by atoms with van der Waals surface area (Å²) in [6.07, 6.45) is 0. The maximum Gasteiger partial charge on any atom is 0.0159 e. The van der Waals surface area contributed by atoms with E-state index in [0.717, 1.165) is 0 Å². The molecule has 0 aromatic heterocycles. The van der Waals surface area contributed by atoms with Crippen LogP contribution >= 0.6 is 0 Å². The topological polar surface area (TPSA) is 0 Å². The quantitative estimate of drug-likeness (QED) is 0.321. The zero-order valence-corrected chi connectivity index (χ0v) is 18.7. The van der Waals surface area contributed by atoms with Crippen LogP contribution in [0.2, 0.25) is 0 Å². The molecule has 150 valence electrons. The minimum absolute atomic E-state index is 0.00467. The molecule has 1 aliphatic carbocycles. The van der Waals surface area contributed by atoms with Crippen LogP contribution in [0.3, 0.4) is 0 Å². The molecule has 0 bridgehead atoms. The van der Waals surface area contributed by atoms with Crippen molar-refractivity contribution in [3.8, 4) is 33.4 Å². The van der Waals surface area contributed by atoms with Crippen LogP contribution in [0.4, 0.5) is 0 Å². The van der Waals surface area contributed by atoms with Crippen LogP contribution in [0.15, 0.2) is 91.0 Å². The second-order valence-corrected chi connectivity index (χ2v) is 8.38. The largest absolute Gasteiger partial charge is 0.0683 e. The predicted molar refractivity (Wildman–Crippen MR) is 131 cm³/mol. The lowest BCUT2D eigenvalue weighted by molar-refractivity contribution is 0.661. The van der Waals surface area contributed by atoms with Gasteiger partial charge in [0.25, 0.3) is 0 Å². The molecule has 0 heteroatoms. The molecule has 4 aromatic rings. The molecule has 0 N–H and O–H groups in total. The second kappa shape index (κ2) is 7.95. The predicted octanol–water partition coefficient (Wildman–Crippen LogP) is 8.66. The summed E-state index contributed by atoms with van der Waals surface area (Å²) in [5.41, 5.74) is 12.0. The molecule has 0 unspecified atom stereocenters. The third-order valence-electron chi connectivity index (χ3n) is 6.13. The fourth-order valence-electron chi connectivity index (χ4n) is 4.55. The van der Waals surface area contributed by atoms with Crippen LogP contribution in [-0.4, -0.2) is 0 Å². The van der Waals surface area contributed by atoms with Gasteiger partial charge in [-0.2, -0.15) is 0 Å². The van der Waals surface area contributed by atoms with Gasteiger partial charge in [-0.1, -0.05) is 112 Å². The van der Waals surface area contributed by atoms with Gasteiger partial charge in [0.15, 0.2) is 0 Å². The summed E-state index contributed by atoms with van der Waals surface area (Å²) >= 11 is 0. The Kier molecular flexibility index (Phi) is 5.35. The summed E-state index contributed by atoms with van der Waals surface area (Å²) < 4.78 is 0. The Bertz CT molecular complexity index is 1180. The highest BCUT2D eigenvalue weighted by Gasteiger charge is 2.35. The van der Waals surface area contributed by atoms with Gasteiger partial charge in [-0.15, -0.1) is 0 Å². The van der Waals surface area contributed by atoms with Crippen molar-refractivity contribution in [2.75, 3.05) is 0 Å². The average molecular weight is 391 g/mol. The van der Waals surface area contributed by atoms with E-state index < -0.39 is 0 Å². The van der Waals surface area contributed by atoms with Gasteiger partial charge in [0.1, 0.15) is 0 Å². The maximum atomic E-state index is 2.40. The highest BCUT2D eigenvalue weighted by atomic mass is 14.4. The minimum Gasteiger partial charge on any atom is -0.0683 e. The van der Waals surface area contributed by atoms with E-state index in [9.17, 15) is 0 Å². The third kappa shape index (κ3) is 3.37. The fourth-order valence-corrected chi connectivity index (χ4v) is 4.55. The molecular weight excluding hydrogens is 360 g/mol. The van der Waals surface area contributed by atoms with Gasteiger partial charge >= 0.3 is 0 Å². The molecule has 0 saturated heterocycles. The van der Waals surface area contributed by atoms with Crippen molar-refractivity contribution in [1.82, 2.24) is 0 Å². The zero-order valence-electron chi connectivity index (χ0n) is 18.7. The Hall–Kier alpha value is -3.12. The number of aryl methyl sites for hydroxylation is 1. The van der Waals surface area contributed by atoms with Crippen molar-refractivity contribution in [1.29, 1.82) is 0 Å². The maximum absolute atomic E-state index is 2.40. The Labute approximate surface area is 181 Å². The van der Waals surface area contributed by atoms with E-state index in [1.54, 1.807) is 0 Å². The molecule has 0 spiro atoms. The van der Waals surface area contributed by atoms with Gasteiger partial charge in [-0.25, -0.2) is 0 Å². The van der Waals surface area contributed by atoms with Crippen LogP contribution in [-0.2, 0) is 5.41 Å². The van der Waals surface area contributed by atoms with E-state index in [1.807, 2.05) is 13.8 Å². The standard InChI is InChI=1S/C28H24.C2H6/c1-19-8-7-11-21(16-19)23-13-15-25-24-14-12-22(20-9-5-4-6-10-20)17-26(24)28(2,3)27(25)18-23;1-2/h4-18H,1-3H3;1-2H3. The Balaban J connectivity index is 0.00000106. The molecule has 0 radical (unpaired) electrons. The van der Waals surface area contributed by atoms with E-state index in [4.69, 9.17) is 0 Å². The Morgan fingerprint density at radius 3 is 1.57 bits per heavy atom. The number of hydrogen-bond acceptors (Lipinski definition) is 0. The summed E-state index contributed by atoms with van der Waals surface area (Å²) in [7, 11) is 0. The normalized spacial score (nSPS) is 13.1. The molecule has 4 aromatic carbocycles. The molecule has 0 saturated carbocycles. The van der Waals surface area contributed by atoms with Crippen molar-refractivity contribution < 1.29 is 0 Å². The Morgan fingerprint density at radius 2 is 1.00 bits per heavy atom. The fraction of sp³-hybridized carbons (Fsp3) is 0.200. The van der Waals surface area contributed by atoms with E-state index in [2.05, 4.69) is 112 Å². The molecule has 30 heavy (non-hydrogen) atoms. The van der Waals surface area contributed by atoms with E-state index in [1.165, 1.54) is 50.1 Å². The summed E-state index contributed by atoms with van der Waals surface area (Å²) in [5.74, 6) is 0. The lowest BCUT2D eigenvalue weighted by Crippen LogP contribution is -2.15. The van der Waals surface area contributed by atoms with Gasteiger partial charge in [0.05, 0.1) is 0 Å². The van der Waals surface area contributed by atoms with Gasteiger partial charge in [-0.3, -0.25) is 0 Å². The van der Waals surface area contributed by atoms with E-state index in [-0.39, 0.29) is 5.41 Å². The van der Waals surface area contributed by atoms with Gasteiger partial charge < -0.3 is 0 Å². The first-order chi connectivity index (χ1) is 14.5. The smallest absolute Gasteiger partial charge is 0.0159 e. The van der Waals surface area contributed by atoms with Gasteiger partial charge in [0, 0.05) is 5.41 Å². The molecule has 0 heterocycles. The molecular formula is C30H30. The molecule has 0 amide bonds. The lowest BCUT2D eigenvalue weighted by atomic mass is 9.81. The number of rotatable bonds is 2. The molecule has 0 atom stereocenters. The van der Waals surface area contributed by atoms with E-state index in [0.29, 0.717) is 0 Å². The first-order valence-electron chi connectivity index (χ1n) is 11.0. The molecule has 5 rings (SSSR count). The van der Waals surface area contributed by atoms with Gasteiger partial charge in [-0.05, 0) is 63.6 Å². The Morgan fingerprint density at radius 1 is 0.500 bits per heavy atom. The number of hydrogen-bond donors (Lipinski definition) is 0. The molecule has 0 aliphatic heterocycles. The summed E-state index contributed by atoms with van der Waals surface area (Å²) in [6.45, 7) is 10.9. The first-order valence-corrected chi connectivity index (χ1v) is 11.0. The molecule has 0 fully saturated rings. The monoisotopic (exact) mass is 390 g/mol. The SMILES string of the molecule is CC.Cc1cccc(-c2ccc3c(c2)C(C)(C)c2cc(-c4ccccc4)ccc2-3)c1. The van der Waals surface area contributed by atoms with Crippen LogP contribution in [0.1, 0.15) is 44.4 Å².